The Hall–Kier alpha value is -2.58. The SMILES string of the molecule is Cc1cc(COC2CCC(C(=O)NCCc3n[nH]c(=O)s3)CC2)c2ccccc2n1. The Morgan fingerprint density at radius 2 is 2.07 bits per heavy atom. The fourth-order valence-corrected chi connectivity index (χ4v) is 4.62. The zero-order valence-corrected chi connectivity index (χ0v) is 17.8. The van der Waals surface area contributed by atoms with Crippen LogP contribution in [-0.2, 0) is 22.6 Å². The summed E-state index contributed by atoms with van der Waals surface area (Å²) in [5.41, 5.74) is 3.16. The third-order valence-electron chi connectivity index (χ3n) is 5.57. The van der Waals surface area contributed by atoms with Crippen LogP contribution in [0.2, 0.25) is 0 Å². The van der Waals surface area contributed by atoms with Crippen LogP contribution in [-0.4, -0.2) is 33.7 Å². The van der Waals surface area contributed by atoms with Gasteiger partial charge >= 0.3 is 4.87 Å². The lowest BCUT2D eigenvalue weighted by atomic mass is 9.86. The van der Waals surface area contributed by atoms with Crippen LogP contribution in [0.4, 0.5) is 0 Å². The molecule has 1 fully saturated rings. The molecule has 8 heteroatoms. The van der Waals surface area contributed by atoms with Crippen molar-refractivity contribution in [2.45, 2.75) is 51.7 Å². The third kappa shape index (κ3) is 5.12. The fourth-order valence-electron chi connectivity index (χ4n) is 4.02. The minimum atomic E-state index is -0.162. The monoisotopic (exact) mass is 426 g/mol. The number of aromatic nitrogens is 3. The minimum absolute atomic E-state index is 0.0341. The van der Waals surface area contributed by atoms with Crippen LogP contribution >= 0.6 is 11.3 Å². The predicted molar refractivity (Wildman–Crippen MR) is 116 cm³/mol. The van der Waals surface area contributed by atoms with E-state index >= 15 is 0 Å². The number of rotatable bonds is 7. The first-order valence-corrected chi connectivity index (χ1v) is 11.2. The largest absolute Gasteiger partial charge is 0.374 e. The van der Waals surface area contributed by atoms with Gasteiger partial charge in [-0.3, -0.25) is 14.6 Å². The molecule has 7 nitrogen and oxygen atoms in total. The van der Waals surface area contributed by atoms with E-state index in [4.69, 9.17) is 4.74 Å². The highest BCUT2D eigenvalue weighted by atomic mass is 32.1. The number of fused-ring (bicyclic) bond motifs is 1. The molecule has 158 valence electrons. The number of aryl methyl sites for hydroxylation is 1. The summed E-state index contributed by atoms with van der Waals surface area (Å²) in [6.45, 7) is 3.08. The van der Waals surface area contributed by atoms with Gasteiger partial charge in [0, 0.05) is 30.0 Å². The van der Waals surface area contributed by atoms with E-state index in [0.29, 0.717) is 19.6 Å². The summed E-state index contributed by atoms with van der Waals surface area (Å²) in [6, 6.07) is 10.2. The normalized spacial score (nSPS) is 19.1. The van der Waals surface area contributed by atoms with Crippen LogP contribution in [0.5, 0.6) is 0 Å². The van der Waals surface area contributed by atoms with Crippen LogP contribution in [0, 0.1) is 12.8 Å². The number of hydrogen-bond donors (Lipinski definition) is 2. The first kappa shape index (κ1) is 20.7. The molecular weight excluding hydrogens is 400 g/mol. The summed E-state index contributed by atoms with van der Waals surface area (Å²) < 4.78 is 6.20. The van der Waals surface area contributed by atoms with Gasteiger partial charge in [0.2, 0.25) is 5.91 Å². The van der Waals surface area contributed by atoms with E-state index < -0.39 is 0 Å². The number of carbonyl (C=O) groups is 1. The molecule has 4 rings (SSSR count). The van der Waals surface area contributed by atoms with Crippen molar-refractivity contribution in [2.75, 3.05) is 6.54 Å². The summed E-state index contributed by atoms with van der Waals surface area (Å²) >= 11 is 1.09. The summed E-state index contributed by atoms with van der Waals surface area (Å²) in [7, 11) is 0. The maximum atomic E-state index is 12.4. The Morgan fingerprint density at radius 3 is 2.83 bits per heavy atom. The van der Waals surface area contributed by atoms with Crippen LogP contribution in [0.15, 0.2) is 35.1 Å². The lowest BCUT2D eigenvalue weighted by molar-refractivity contribution is -0.127. The van der Waals surface area contributed by atoms with Crippen molar-refractivity contribution < 1.29 is 9.53 Å². The summed E-state index contributed by atoms with van der Waals surface area (Å²) in [5.74, 6) is 0.124. The number of nitrogens with zero attached hydrogens (tertiary/aromatic N) is 2. The topological polar surface area (TPSA) is 97.0 Å². The van der Waals surface area contributed by atoms with Crippen LogP contribution in [0.1, 0.15) is 41.9 Å². The van der Waals surface area contributed by atoms with Crippen molar-refractivity contribution in [1.82, 2.24) is 20.5 Å². The Morgan fingerprint density at radius 1 is 1.27 bits per heavy atom. The summed E-state index contributed by atoms with van der Waals surface area (Å²) in [6.07, 6.45) is 4.21. The molecule has 0 spiro atoms. The maximum Gasteiger partial charge on any atom is 0.322 e. The Balaban J connectivity index is 1.23. The molecule has 1 amide bonds. The predicted octanol–water partition coefficient (Wildman–Crippen LogP) is 3.12. The molecular formula is C22H26N4O3S. The molecule has 0 radical (unpaired) electrons. The average Bonchev–Trinajstić information content (AvgIpc) is 3.17. The van der Waals surface area contributed by atoms with Crippen molar-refractivity contribution in [3.05, 3.63) is 56.3 Å². The van der Waals surface area contributed by atoms with E-state index in [1.807, 2.05) is 25.1 Å². The number of H-pyrrole nitrogens is 1. The van der Waals surface area contributed by atoms with Gasteiger partial charge in [-0.15, -0.1) is 0 Å². The van der Waals surface area contributed by atoms with Gasteiger partial charge in [0.05, 0.1) is 18.2 Å². The summed E-state index contributed by atoms with van der Waals surface area (Å²) in [5, 5.41) is 11.1. The first-order chi connectivity index (χ1) is 14.6. The maximum absolute atomic E-state index is 12.4. The zero-order valence-electron chi connectivity index (χ0n) is 17.0. The standard InChI is InChI=1S/C22H26N4O3S/c1-14-12-16(18-4-2-3-5-19(18)24-14)13-29-17-8-6-15(7-9-17)21(27)23-11-10-20-25-26-22(28)30-20/h2-5,12,15,17H,6-11,13H2,1H3,(H,23,27)(H,26,28). The van der Waals surface area contributed by atoms with Crippen LogP contribution in [0.25, 0.3) is 10.9 Å². The molecule has 3 aromatic rings. The molecule has 0 unspecified atom stereocenters. The van der Waals surface area contributed by atoms with Crippen LogP contribution < -0.4 is 10.2 Å². The lowest BCUT2D eigenvalue weighted by Gasteiger charge is -2.28. The molecule has 1 aliphatic rings. The molecule has 1 aromatic carbocycles. The first-order valence-electron chi connectivity index (χ1n) is 10.4. The van der Waals surface area contributed by atoms with Gasteiger partial charge in [0.25, 0.3) is 0 Å². The second kappa shape index (κ2) is 9.49. The van der Waals surface area contributed by atoms with Gasteiger partial charge in [0.1, 0.15) is 5.01 Å². The van der Waals surface area contributed by atoms with Crippen molar-refractivity contribution in [3.8, 4) is 0 Å². The van der Waals surface area contributed by atoms with Gasteiger partial charge in [-0.2, -0.15) is 5.10 Å². The molecule has 2 aromatic heterocycles. The van der Waals surface area contributed by atoms with E-state index in [-0.39, 0.29) is 22.8 Å². The van der Waals surface area contributed by atoms with Crippen molar-refractivity contribution in [1.29, 1.82) is 0 Å². The van der Waals surface area contributed by atoms with Crippen molar-refractivity contribution >= 4 is 28.1 Å². The van der Waals surface area contributed by atoms with Gasteiger partial charge in [-0.05, 0) is 50.3 Å². The molecule has 30 heavy (non-hydrogen) atoms. The molecule has 0 atom stereocenters. The number of ether oxygens (including phenoxy) is 1. The number of aromatic amines is 1. The third-order valence-corrected chi connectivity index (χ3v) is 6.38. The number of nitrogens with one attached hydrogen (secondary N) is 2. The quantitative estimate of drug-likeness (QED) is 0.605. The van der Waals surface area contributed by atoms with Gasteiger partial charge in [-0.1, -0.05) is 29.5 Å². The molecule has 0 aliphatic heterocycles. The molecule has 2 heterocycles. The van der Waals surface area contributed by atoms with E-state index in [1.165, 1.54) is 5.56 Å². The molecule has 1 saturated carbocycles. The summed E-state index contributed by atoms with van der Waals surface area (Å²) in [4.78, 5) is 27.9. The van der Waals surface area contributed by atoms with E-state index in [1.54, 1.807) is 0 Å². The van der Waals surface area contributed by atoms with Gasteiger partial charge in [-0.25, -0.2) is 5.10 Å². The van der Waals surface area contributed by atoms with Crippen molar-refractivity contribution in [2.24, 2.45) is 5.92 Å². The highest BCUT2D eigenvalue weighted by molar-refractivity contribution is 7.08. The second-order valence-corrected chi connectivity index (χ2v) is 8.82. The number of benzene rings is 1. The van der Waals surface area contributed by atoms with Gasteiger partial charge < -0.3 is 10.1 Å². The highest BCUT2D eigenvalue weighted by Gasteiger charge is 2.26. The molecule has 2 N–H and O–H groups in total. The average molecular weight is 427 g/mol. The Labute approximate surface area is 178 Å². The number of amides is 1. The molecule has 1 aliphatic carbocycles. The van der Waals surface area contributed by atoms with Crippen molar-refractivity contribution in [3.63, 3.8) is 0 Å². The highest BCUT2D eigenvalue weighted by Crippen LogP contribution is 2.28. The number of carbonyl (C=O) groups excluding carboxylic acids is 1. The van der Waals surface area contributed by atoms with E-state index in [2.05, 4.69) is 32.6 Å². The number of pyridine rings is 1. The lowest BCUT2D eigenvalue weighted by Crippen LogP contribution is -2.35. The fraction of sp³-hybridized carbons (Fsp3) is 0.455. The second-order valence-electron chi connectivity index (χ2n) is 7.77. The van der Waals surface area contributed by atoms with E-state index in [9.17, 15) is 9.59 Å². The zero-order chi connectivity index (χ0) is 20.9. The minimum Gasteiger partial charge on any atom is -0.374 e. The number of para-hydroxylation sites is 1. The van der Waals surface area contributed by atoms with E-state index in [0.717, 1.165) is 58.6 Å². The number of hydrogen-bond acceptors (Lipinski definition) is 6. The van der Waals surface area contributed by atoms with Crippen LogP contribution in [0.3, 0.4) is 0 Å². The smallest absolute Gasteiger partial charge is 0.322 e. The Bertz CT molecular complexity index is 1070. The molecule has 0 bridgehead atoms. The Kier molecular flexibility index (Phi) is 6.54. The molecule has 0 saturated heterocycles. The van der Waals surface area contributed by atoms with Gasteiger partial charge in [0.15, 0.2) is 0 Å².